The molecule has 4 nitrogen and oxygen atoms in total. The van der Waals surface area contributed by atoms with Crippen LogP contribution in [0.15, 0.2) is 18.2 Å². The highest BCUT2D eigenvalue weighted by atomic mass is 127. The van der Waals surface area contributed by atoms with Gasteiger partial charge in [0, 0.05) is 19.2 Å². The van der Waals surface area contributed by atoms with Crippen molar-refractivity contribution in [3.8, 4) is 5.75 Å². The van der Waals surface area contributed by atoms with Crippen LogP contribution in [0.4, 0.5) is 8.78 Å². The molecule has 0 unspecified atom stereocenters. The van der Waals surface area contributed by atoms with Gasteiger partial charge in [0.2, 0.25) is 0 Å². The number of rotatable bonds is 7. The average Bonchev–Trinajstić information content (AvgIpc) is 2.37. The molecular formula is C12H14F2INO3. The van der Waals surface area contributed by atoms with Gasteiger partial charge in [0.1, 0.15) is 12.4 Å². The topological polar surface area (TPSA) is 47.6 Å². The van der Waals surface area contributed by atoms with Crippen molar-refractivity contribution in [3.05, 3.63) is 27.3 Å². The van der Waals surface area contributed by atoms with E-state index in [0.29, 0.717) is 22.3 Å². The molecule has 0 aliphatic carbocycles. The van der Waals surface area contributed by atoms with Crippen LogP contribution in [0.25, 0.3) is 0 Å². The lowest BCUT2D eigenvalue weighted by Gasteiger charge is -2.10. The van der Waals surface area contributed by atoms with Crippen LogP contribution in [0.3, 0.4) is 0 Å². The molecule has 1 N–H and O–H groups in total. The third kappa shape index (κ3) is 5.68. The summed E-state index contributed by atoms with van der Waals surface area (Å²) in [5, 5.41) is 2.64. The molecule has 0 radical (unpaired) electrons. The molecule has 1 amide bonds. The van der Waals surface area contributed by atoms with Crippen LogP contribution in [0.2, 0.25) is 0 Å². The summed E-state index contributed by atoms with van der Waals surface area (Å²) in [5.41, 5.74) is 0.362. The first-order valence-corrected chi connectivity index (χ1v) is 6.60. The fraction of sp³-hybridized carbons (Fsp3) is 0.417. The van der Waals surface area contributed by atoms with E-state index in [1.54, 1.807) is 12.1 Å². The second-order valence-electron chi connectivity index (χ2n) is 3.60. The van der Waals surface area contributed by atoms with Crippen molar-refractivity contribution in [2.24, 2.45) is 0 Å². The Morgan fingerprint density at radius 2 is 2.21 bits per heavy atom. The Hall–Kier alpha value is -0.960. The molecule has 0 aliphatic heterocycles. The van der Waals surface area contributed by atoms with Crippen LogP contribution in [-0.4, -0.2) is 39.2 Å². The molecule has 0 saturated heterocycles. The van der Waals surface area contributed by atoms with E-state index in [-0.39, 0.29) is 11.7 Å². The molecule has 0 aliphatic rings. The summed E-state index contributed by atoms with van der Waals surface area (Å²) in [7, 11) is 1.54. The Morgan fingerprint density at radius 1 is 1.47 bits per heavy atom. The second-order valence-corrected chi connectivity index (χ2v) is 4.76. The number of carbonyl (C=O) groups is 1. The third-order valence-corrected chi connectivity index (χ3v) is 3.04. The number of alkyl halides is 2. The summed E-state index contributed by atoms with van der Waals surface area (Å²) in [5.74, 6) is -0.0179. The minimum Gasteiger partial charge on any atom is -0.487 e. The molecule has 0 atom stereocenters. The Balaban J connectivity index is 2.69. The first-order chi connectivity index (χ1) is 9.04. The number of ether oxygens (including phenoxy) is 2. The van der Waals surface area contributed by atoms with Crippen LogP contribution in [-0.2, 0) is 4.74 Å². The molecule has 0 saturated carbocycles. The summed E-state index contributed by atoms with van der Waals surface area (Å²) < 4.78 is 34.6. The van der Waals surface area contributed by atoms with Crippen molar-refractivity contribution < 1.29 is 23.0 Å². The number of hydrogen-bond donors (Lipinski definition) is 1. The van der Waals surface area contributed by atoms with Gasteiger partial charge in [-0.2, -0.15) is 0 Å². The quantitative estimate of drug-likeness (QED) is 0.579. The lowest BCUT2D eigenvalue weighted by atomic mass is 10.2. The molecule has 1 aromatic rings. The van der Waals surface area contributed by atoms with Crippen molar-refractivity contribution in [1.82, 2.24) is 5.32 Å². The summed E-state index contributed by atoms with van der Waals surface area (Å²) in [6.07, 6.45) is -2.55. The molecule has 0 fully saturated rings. The molecule has 106 valence electrons. The highest BCUT2D eigenvalue weighted by Gasteiger charge is 2.11. The SMILES string of the molecule is COCCNC(=O)c1ccc(I)c(OCC(F)F)c1. The molecular weight excluding hydrogens is 371 g/mol. The van der Waals surface area contributed by atoms with Crippen molar-refractivity contribution >= 4 is 28.5 Å². The van der Waals surface area contributed by atoms with Gasteiger partial charge >= 0.3 is 0 Å². The number of carbonyl (C=O) groups excluding carboxylic acids is 1. The maximum Gasteiger partial charge on any atom is 0.272 e. The Labute approximate surface area is 123 Å². The van der Waals surface area contributed by atoms with Gasteiger partial charge in [-0.05, 0) is 40.8 Å². The standard InChI is InChI=1S/C12H14F2INO3/c1-18-5-4-16-12(17)8-2-3-9(15)10(6-8)19-7-11(13)14/h2-3,6,11H,4-5,7H2,1H3,(H,16,17). The zero-order valence-electron chi connectivity index (χ0n) is 10.3. The Bertz CT molecular complexity index is 429. The Kier molecular flexibility index (Phi) is 7.00. The van der Waals surface area contributed by atoms with Gasteiger partial charge in [0.25, 0.3) is 12.3 Å². The van der Waals surface area contributed by atoms with E-state index >= 15 is 0 Å². The van der Waals surface area contributed by atoms with Crippen LogP contribution in [0.5, 0.6) is 5.75 Å². The number of benzene rings is 1. The molecule has 7 heteroatoms. The molecule has 0 spiro atoms. The minimum atomic E-state index is -2.55. The van der Waals surface area contributed by atoms with E-state index in [9.17, 15) is 13.6 Å². The molecule has 0 aromatic heterocycles. The van der Waals surface area contributed by atoms with Crippen molar-refractivity contribution in [2.75, 3.05) is 26.9 Å². The van der Waals surface area contributed by atoms with Gasteiger partial charge < -0.3 is 14.8 Å². The highest BCUT2D eigenvalue weighted by molar-refractivity contribution is 14.1. The van der Waals surface area contributed by atoms with Crippen molar-refractivity contribution in [3.63, 3.8) is 0 Å². The lowest BCUT2D eigenvalue weighted by molar-refractivity contribution is 0.0813. The number of hydrogen-bond acceptors (Lipinski definition) is 3. The zero-order valence-corrected chi connectivity index (χ0v) is 12.4. The maximum absolute atomic E-state index is 12.1. The summed E-state index contributed by atoms with van der Waals surface area (Å²) >= 11 is 1.96. The number of methoxy groups -OCH3 is 1. The predicted molar refractivity (Wildman–Crippen MR) is 74.9 cm³/mol. The predicted octanol–water partition coefficient (Wildman–Crippen LogP) is 2.31. The zero-order chi connectivity index (χ0) is 14.3. The largest absolute Gasteiger partial charge is 0.487 e. The lowest BCUT2D eigenvalue weighted by Crippen LogP contribution is -2.27. The maximum atomic E-state index is 12.1. The average molecular weight is 385 g/mol. The van der Waals surface area contributed by atoms with E-state index < -0.39 is 13.0 Å². The van der Waals surface area contributed by atoms with E-state index in [1.807, 2.05) is 22.6 Å². The fourth-order valence-corrected chi connectivity index (χ4v) is 1.77. The van der Waals surface area contributed by atoms with Crippen LogP contribution in [0, 0.1) is 3.57 Å². The van der Waals surface area contributed by atoms with Crippen molar-refractivity contribution in [1.29, 1.82) is 0 Å². The molecule has 0 heterocycles. The monoisotopic (exact) mass is 385 g/mol. The van der Waals surface area contributed by atoms with E-state index in [1.165, 1.54) is 13.2 Å². The summed E-state index contributed by atoms with van der Waals surface area (Å²) in [6.45, 7) is 0.101. The molecule has 1 aromatic carbocycles. The smallest absolute Gasteiger partial charge is 0.272 e. The molecule has 0 bridgehead atoms. The van der Waals surface area contributed by atoms with Gasteiger partial charge in [0.05, 0.1) is 10.2 Å². The second kappa shape index (κ2) is 8.26. The minimum absolute atomic E-state index is 0.278. The van der Waals surface area contributed by atoms with Gasteiger partial charge in [-0.25, -0.2) is 8.78 Å². The highest BCUT2D eigenvalue weighted by Crippen LogP contribution is 2.22. The van der Waals surface area contributed by atoms with Gasteiger partial charge in [-0.1, -0.05) is 0 Å². The number of amides is 1. The van der Waals surface area contributed by atoms with Crippen LogP contribution >= 0.6 is 22.6 Å². The number of nitrogens with one attached hydrogen (secondary N) is 1. The Morgan fingerprint density at radius 3 is 2.84 bits per heavy atom. The van der Waals surface area contributed by atoms with Crippen LogP contribution < -0.4 is 10.1 Å². The van der Waals surface area contributed by atoms with Crippen molar-refractivity contribution in [2.45, 2.75) is 6.43 Å². The third-order valence-electron chi connectivity index (χ3n) is 2.15. The molecule has 19 heavy (non-hydrogen) atoms. The van der Waals surface area contributed by atoms with Crippen LogP contribution in [0.1, 0.15) is 10.4 Å². The normalized spacial score (nSPS) is 10.6. The van der Waals surface area contributed by atoms with E-state index in [0.717, 1.165) is 0 Å². The summed E-state index contributed by atoms with van der Waals surface area (Å²) in [4.78, 5) is 11.7. The first kappa shape index (κ1) is 16.1. The van der Waals surface area contributed by atoms with E-state index in [4.69, 9.17) is 9.47 Å². The fourth-order valence-electron chi connectivity index (χ4n) is 1.28. The van der Waals surface area contributed by atoms with Gasteiger partial charge in [-0.15, -0.1) is 0 Å². The van der Waals surface area contributed by atoms with E-state index in [2.05, 4.69) is 5.32 Å². The number of halogens is 3. The molecule has 1 rings (SSSR count). The van der Waals surface area contributed by atoms with Gasteiger partial charge in [0.15, 0.2) is 0 Å². The summed E-state index contributed by atoms with van der Waals surface area (Å²) in [6, 6.07) is 4.71. The van der Waals surface area contributed by atoms with Gasteiger partial charge in [-0.3, -0.25) is 4.79 Å². The first-order valence-electron chi connectivity index (χ1n) is 5.52.